The van der Waals surface area contributed by atoms with Crippen molar-refractivity contribution in [1.82, 2.24) is 14.9 Å². The maximum Gasteiger partial charge on any atom is 0.258 e. The average molecular weight is 382 g/mol. The highest BCUT2D eigenvalue weighted by molar-refractivity contribution is 6.30. The Morgan fingerprint density at radius 2 is 2.00 bits per heavy atom. The number of aromatic amines is 1. The summed E-state index contributed by atoms with van der Waals surface area (Å²) in [5.41, 5.74) is 1.25. The molecule has 0 saturated heterocycles. The van der Waals surface area contributed by atoms with Gasteiger partial charge in [-0.2, -0.15) is 0 Å². The summed E-state index contributed by atoms with van der Waals surface area (Å²) in [6.45, 7) is 4.06. The number of aromatic nitrogens is 2. The van der Waals surface area contributed by atoms with Gasteiger partial charge in [0.15, 0.2) is 0 Å². The van der Waals surface area contributed by atoms with Crippen LogP contribution in [0.4, 0.5) is 0 Å². The Hall–Kier alpha value is -2.92. The summed E-state index contributed by atoms with van der Waals surface area (Å²) < 4.78 is 0. The van der Waals surface area contributed by atoms with Gasteiger partial charge in [-0.1, -0.05) is 35.9 Å². The second kappa shape index (κ2) is 8.18. The van der Waals surface area contributed by atoms with Gasteiger partial charge in [0, 0.05) is 17.1 Å². The van der Waals surface area contributed by atoms with Gasteiger partial charge in [-0.25, -0.2) is 4.98 Å². The number of hydrogen-bond donors (Lipinski definition) is 1. The van der Waals surface area contributed by atoms with Gasteiger partial charge >= 0.3 is 0 Å². The molecule has 0 saturated carbocycles. The van der Waals surface area contributed by atoms with Gasteiger partial charge in [-0.3, -0.25) is 9.59 Å². The highest BCUT2D eigenvalue weighted by atomic mass is 35.5. The molecule has 0 spiro atoms. The van der Waals surface area contributed by atoms with Gasteiger partial charge in [-0.15, -0.1) is 0 Å². The van der Waals surface area contributed by atoms with Crippen molar-refractivity contribution < 1.29 is 4.79 Å². The van der Waals surface area contributed by atoms with E-state index in [1.54, 1.807) is 41.3 Å². The van der Waals surface area contributed by atoms with Crippen molar-refractivity contribution in [3.05, 3.63) is 81.4 Å². The Kier molecular flexibility index (Phi) is 5.72. The van der Waals surface area contributed by atoms with Crippen molar-refractivity contribution in [1.29, 1.82) is 0 Å². The minimum absolute atomic E-state index is 0.0571. The van der Waals surface area contributed by atoms with E-state index < -0.39 is 0 Å². The molecule has 3 aromatic rings. The van der Waals surface area contributed by atoms with Gasteiger partial charge < -0.3 is 9.88 Å². The van der Waals surface area contributed by atoms with Crippen LogP contribution in [0.25, 0.3) is 17.0 Å². The third-order valence-corrected chi connectivity index (χ3v) is 4.39. The van der Waals surface area contributed by atoms with Crippen LogP contribution >= 0.6 is 11.6 Å². The lowest BCUT2D eigenvalue weighted by Crippen LogP contribution is -2.36. The van der Waals surface area contributed by atoms with Crippen molar-refractivity contribution in [3.63, 3.8) is 0 Å². The largest absolute Gasteiger partial charge is 0.329 e. The van der Waals surface area contributed by atoms with Crippen LogP contribution in [0, 0.1) is 0 Å². The molecule has 0 fully saturated rings. The van der Waals surface area contributed by atoms with E-state index in [0.717, 1.165) is 5.56 Å². The SMILES string of the molecule is CC(C)N(Cc1nc2ccccc2c(=O)[nH]1)C(=O)/C=C/c1cccc(Cl)c1. The molecule has 6 heteroatoms. The van der Waals surface area contributed by atoms with E-state index in [1.165, 1.54) is 6.08 Å². The first kappa shape index (κ1) is 18.9. The summed E-state index contributed by atoms with van der Waals surface area (Å²) in [5.74, 6) is 0.290. The van der Waals surface area contributed by atoms with Crippen molar-refractivity contribution in [3.8, 4) is 0 Å². The number of nitrogens with one attached hydrogen (secondary N) is 1. The van der Waals surface area contributed by atoms with Crippen molar-refractivity contribution >= 4 is 34.5 Å². The maximum absolute atomic E-state index is 12.7. The number of amides is 1. The molecule has 1 aromatic heterocycles. The van der Waals surface area contributed by atoms with E-state index in [0.29, 0.717) is 21.7 Å². The number of nitrogens with zero attached hydrogens (tertiary/aromatic N) is 2. The Bertz CT molecular complexity index is 1060. The predicted octanol–water partition coefficient (Wildman–Crippen LogP) is 4.03. The Morgan fingerprint density at radius 3 is 2.74 bits per heavy atom. The van der Waals surface area contributed by atoms with E-state index in [1.807, 2.05) is 32.0 Å². The molecule has 0 unspecified atom stereocenters. The Morgan fingerprint density at radius 1 is 1.22 bits per heavy atom. The lowest BCUT2D eigenvalue weighted by atomic mass is 10.2. The fourth-order valence-corrected chi connectivity index (χ4v) is 2.96. The highest BCUT2D eigenvalue weighted by Crippen LogP contribution is 2.13. The van der Waals surface area contributed by atoms with Crippen LogP contribution in [0.3, 0.4) is 0 Å². The molecular formula is C21H20ClN3O2. The van der Waals surface area contributed by atoms with Crippen molar-refractivity contribution in [2.45, 2.75) is 26.4 Å². The van der Waals surface area contributed by atoms with Crippen LogP contribution in [-0.2, 0) is 11.3 Å². The minimum Gasteiger partial charge on any atom is -0.329 e. The molecule has 0 aliphatic rings. The first-order chi connectivity index (χ1) is 12.9. The van der Waals surface area contributed by atoms with Gasteiger partial charge in [-0.05, 0) is 49.8 Å². The lowest BCUT2D eigenvalue weighted by molar-refractivity contribution is -0.128. The van der Waals surface area contributed by atoms with E-state index >= 15 is 0 Å². The summed E-state index contributed by atoms with van der Waals surface area (Å²) in [6, 6.07) is 14.3. The smallest absolute Gasteiger partial charge is 0.258 e. The van der Waals surface area contributed by atoms with Crippen LogP contribution in [-0.4, -0.2) is 26.8 Å². The Balaban J connectivity index is 1.83. The van der Waals surface area contributed by atoms with Crippen LogP contribution < -0.4 is 5.56 Å². The number of benzene rings is 2. The molecule has 1 amide bonds. The summed E-state index contributed by atoms with van der Waals surface area (Å²) in [4.78, 5) is 33.8. The van der Waals surface area contributed by atoms with Gasteiger partial charge in [0.25, 0.3) is 5.56 Å². The fraction of sp³-hybridized carbons (Fsp3) is 0.190. The zero-order valence-corrected chi connectivity index (χ0v) is 15.9. The van der Waals surface area contributed by atoms with E-state index in [2.05, 4.69) is 9.97 Å². The molecule has 0 aliphatic heterocycles. The summed E-state index contributed by atoms with van der Waals surface area (Å²) in [7, 11) is 0. The first-order valence-corrected chi connectivity index (χ1v) is 9.04. The first-order valence-electron chi connectivity index (χ1n) is 8.66. The number of para-hydroxylation sites is 1. The summed E-state index contributed by atoms with van der Waals surface area (Å²) >= 11 is 5.97. The van der Waals surface area contributed by atoms with E-state index in [-0.39, 0.29) is 24.1 Å². The van der Waals surface area contributed by atoms with Crippen molar-refractivity contribution in [2.24, 2.45) is 0 Å². The maximum atomic E-state index is 12.7. The molecule has 1 N–H and O–H groups in total. The Labute approximate surface area is 162 Å². The van der Waals surface area contributed by atoms with Crippen LogP contribution in [0.2, 0.25) is 5.02 Å². The van der Waals surface area contributed by atoms with Gasteiger partial charge in [0.1, 0.15) is 5.82 Å². The quantitative estimate of drug-likeness (QED) is 0.678. The highest BCUT2D eigenvalue weighted by Gasteiger charge is 2.17. The number of carbonyl (C=O) groups is 1. The molecule has 1 heterocycles. The number of halogens is 1. The van der Waals surface area contributed by atoms with Crippen LogP contribution in [0.1, 0.15) is 25.2 Å². The molecule has 2 aromatic carbocycles. The molecule has 27 heavy (non-hydrogen) atoms. The van der Waals surface area contributed by atoms with Crippen LogP contribution in [0.5, 0.6) is 0 Å². The fourth-order valence-electron chi connectivity index (χ4n) is 2.76. The average Bonchev–Trinajstić information content (AvgIpc) is 2.64. The molecular weight excluding hydrogens is 362 g/mol. The lowest BCUT2D eigenvalue weighted by Gasteiger charge is -2.25. The molecule has 3 rings (SSSR count). The molecule has 138 valence electrons. The van der Waals surface area contributed by atoms with Crippen LogP contribution in [0.15, 0.2) is 59.4 Å². The summed E-state index contributed by atoms with van der Waals surface area (Å²) in [6.07, 6.45) is 3.23. The normalized spacial score (nSPS) is 11.4. The monoisotopic (exact) mass is 381 g/mol. The number of fused-ring (bicyclic) bond motifs is 1. The molecule has 0 bridgehead atoms. The number of carbonyl (C=O) groups excluding carboxylic acids is 1. The predicted molar refractivity (Wildman–Crippen MR) is 109 cm³/mol. The van der Waals surface area contributed by atoms with Crippen molar-refractivity contribution in [2.75, 3.05) is 0 Å². The second-order valence-electron chi connectivity index (χ2n) is 6.48. The number of rotatable bonds is 5. The number of hydrogen-bond acceptors (Lipinski definition) is 3. The third-order valence-electron chi connectivity index (χ3n) is 4.16. The standard InChI is InChI=1S/C21H20ClN3O2/c1-14(2)25(20(26)11-10-15-6-5-7-16(22)12-15)13-19-23-18-9-4-3-8-17(18)21(27)24-19/h3-12,14H,13H2,1-2H3,(H,23,24,27)/b11-10+. The molecule has 0 aliphatic carbocycles. The van der Waals surface area contributed by atoms with Gasteiger partial charge in [0.2, 0.25) is 5.91 Å². The molecule has 5 nitrogen and oxygen atoms in total. The zero-order valence-electron chi connectivity index (χ0n) is 15.1. The minimum atomic E-state index is -0.207. The zero-order chi connectivity index (χ0) is 19.4. The third kappa shape index (κ3) is 4.63. The topological polar surface area (TPSA) is 66.1 Å². The summed E-state index contributed by atoms with van der Waals surface area (Å²) in [5, 5.41) is 1.15. The number of H-pyrrole nitrogens is 1. The van der Waals surface area contributed by atoms with Gasteiger partial charge in [0.05, 0.1) is 17.4 Å². The second-order valence-corrected chi connectivity index (χ2v) is 6.91. The molecule has 0 atom stereocenters. The van der Waals surface area contributed by atoms with E-state index in [9.17, 15) is 9.59 Å². The molecule has 0 radical (unpaired) electrons. The van der Waals surface area contributed by atoms with E-state index in [4.69, 9.17) is 11.6 Å².